The Labute approximate surface area is 173 Å². The van der Waals surface area contributed by atoms with Crippen LogP contribution < -0.4 is 10.2 Å². The monoisotopic (exact) mass is 422 g/mol. The fourth-order valence-corrected chi connectivity index (χ4v) is 2.56. The van der Waals surface area contributed by atoms with Gasteiger partial charge in [0.15, 0.2) is 6.61 Å². The van der Waals surface area contributed by atoms with E-state index in [0.717, 1.165) is 5.56 Å². The molecule has 0 fully saturated rings. The van der Waals surface area contributed by atoms with Gasteiger partial charge in [0.2, 0.25) is 0 Å². The number of halogens is 2. The summed E-state index contributed by atoms with van der Waals surface area (Å²) >= 11 is 11.8. The maximum atomic E-state index is 12.1. The van der Waals surface area contributed by atoms with E-state index in [1.807, 2.05) is 0 Å². The van der Waals surface area contributed by atoms with Crippen molar-refractivity contribution in [2.45, 2.75) is 26.4 Å². The van der Waals surface area contributed by atoms with Gasteiger partial charge in [-0.15, -0.1) is 0 Å². The fraction of sp³-hybridized carbons (Fsp3) is 0.250. The Morgan fingerprint density at radius 1 is 1.11 bits per heavy atom. The Hall–Kier alpha value is -2.57. The standard InChI is InChI=1S/C20H20Cl2N2O4/c1-20(2,3)28-18(25)12-27-15-7-4-13(5-8-15)11-23-24-19(26)16-9-6-14(21)10-17(16)22/h4-11H,12H2,1-3H3,(H,24,26). The van der Waals surface area contributed by atoms with Gasteiger partial charge in [-0.1, -0.05) is 23.2 Å². The Morgan fingerprint density at radius 2 is 1.79 bits per heavy atom. The van der Waals surface area contributed by atoms with Gasteiger partial charge in [-0.05, 0) is 68.8 Å². The van der Waals surface area contributed by atoms with Gasteiger partial charge >= 0.3 is 5.97 Å². The average Bonchev–Trinajstić information content (AvgIpc) is 2.59. The lowest BCUT2D eigenvalue weighted by Crippen LogP contribution is -2.27. The van der Waals surface area contributed by atoms with E-state index in [1.54, 1.807) is 51.1 Å². The number of carbonyl (C=O) groups is 2. The van der Waals surface area contributed by atoms with Gasteiger partial charge in [-0.2, -0.15) is 5.10 Å². The van der Waals surface area contributed by atoms with Crippen molar-refractivity contribution in [2.24, 2.45) is 5.10 Å². The van der Waals surface area contributed by atoms with Gasteiger partial charge in [0, 0.05) is 5.02 Å². The molecular weight excluding hydrogens is 403 g/mol. The molecule has 0 heterocycles. The van der Waals surface area contributed by atoms with Crippen molar-refractivity contribution >= 4 is 41.3 Å². The Morgan fingerprint density at radius 3 is 2.39 bits per heavy atom. The number of ether oxygens (including phenoxy) is 2. The highest BCUT2D eigenvalue weighted by molar-refractivity contribution is 6.36. The van der Waals surface area contributed by atoms with E-state index >= 15 is 0 Å². The molecule has 0 atom stereocenters. The van der Waals surface area contributed by atoms with Gasteiger partial charge in [0.05, 0.1) is 16.8 Å². The molecule has 0 aliphatic carbocycles. The molecule has 2 rings (SSSR count). The highest BCUT2D eigenvalue weighted by atomic mass is 35.5. The maximum Gasteiger partial charge on any atom is 0.344 e. The smallest absolute Gasteiger partial charge is 0.344 e. The molecule has 2 aromatic rings. The number of hydrogen-bond donors (Lipinski definition) is 1. The molecule has 1 N–H and O–H groups in total. The van der Waals surface area contributed by atoms with Crippen molar-refractivity contribution in [1.82, 2.24) is 5.43 Å². The molecule has 0 spiro atoms. The van der Waals surface area contributed by atoms with Crippen molar-refractivity contribution in [2.75, 3.05) is 6.61 Å². The van der Waals surface area contributed by atoms with Gasteiger partial charge in [-0.25, -0.2) is 10.2 Å². The molecule has 0 bridgehead atoms. The molecule has 28 heavy (non-hydrogen) atoms. The summed E-state index contributed by atoms with van der Waals surface area (Å²) in [7, 11) is 0. The van der Waals surface area contributed by atoms with Crippen LogP contribution >= 0.6 is 23.2 Å². The second kappa shape index (κ2) is 9.57. The minimum Gasteiger partial charge on any atom is -0.482 e. The summed E-state index contributed by atoms with van der Waals surface area (Å²) in [6.45, 7) is 5.19. The van der Waals surface area contributed by atoms with E-state index in [9.17, 15) is 9.59 Å². The number of hydrazone groups is 1. The van der Waals surface area contributed by atoms with Crippen LogP contribution in [0.1, 0.15) is 36.7 Å². The average molecular weight is 423 g/mol. The van der Waals surface area contributed by atoms with E-state index in [4.69, 9.17) is 32.7 Å². The molecule has 0 saturated carbocycles. The number of carbonyl (C=O) groups excluding carboxylic acids is 2. The third-order valence-corrected chi connectivity index (χ3v) is 3.76. The zero-order valence-electron chi connectivity index (χ0n) is 15.7. The highest BCUT2D eigenvalue weighted by Crippen LogP contribution is 2.20. The minimum atomic E-state index is -0.554. The summed E-state index contributed by atoms with van der Waals surface area (Å²) in [5.74, 6) is -0.378. The van der Waals surface area contributed by atoms with Gasteiger partial charge < -0.3 is 9.47 Å². The molecule has 8 heteroatoms. The summed E-state index contributed by atoms with van der Waals surface area (Å²) in [5.41, 5.74) is 2.84. The van der Waals surface area contributed by atoms with Crippen molar-refractivity contribution < 1.29 is 19.1 Å². The molecule has 1 amide bonds. The van der Waals surface area contributed by atoms with E-state index < -0.39 is 17.5 Å². The normalized spacial score (nSPS) is 11.3. The molecule has 0 aliphatic rings. The lowest BCUT2D eigenvalue weighted by atomic mass is 10.2. The molecule has 0 unspecified atom stereocenters. The van der Waals surface area contributed by atoms with E-state index in [-0.39, 0.29) is 17.2 Å². The SMILES string of the molecule is CC(C)(C)OC(=O)COc1ccc(C=NNC(=O)c2ccc(Cl)cc2Cl)cc1. The van der Waals surface area contributed by atoms with Crippen LogP contribution in [0.25, 0.3) is 0 Å². The van der Waals surface area contributed by atoms with Gasteiger partial charge in [0.25, 0.3) is 5.91 Å². The number of hydrogen-bond acceptors (Lipinski definition) is 5. The van der Waals surface area contributed by atoms with E-state index in [1.165, 1.54) is 18.3 Å². The van der Waals surface area contributed by atoms with Crippen molar-refractivity contribution in [1.29, 1.82) is 0 Å². The Balaban J connectivity index is 1.86. The third kappa shape index (κ3) is 7.21. The summed E-state index contributed by atoms with van der Waals surface area (Å²) < 4.78 is 10.5. The molecule has 0 aliphatic heterocycles. The van der Waals surface area contributed by atoms with Crippen LogP contribution in [0, 0.1) is 0 Å². The van der Waals surface area contributed by atoms with Crippen LogP contribution in [0.4, 0.5) is 0 Å². The molecule has 6 nitrogen and oxygen atoms in total. The van der Waals surface area contributed by atoms with Crippen LogP contribution in [0.2, 0.25) is 10.0 Å². The minimum absolute atomic E-state index is 0.178. The molecular formula is C20H20Cl2N2O4. The number of nitrogens with zero attached hydrogens (tertiary/aromatic N) is 1. The quantitative estimate of drug-likeness (QED) is 0.422. The number of amides is 1. The van der Waals surface area contributed by atoms with E-state index in [0.29, 0.717) is 10.8 Å². The summed E-state index contributed by atoms with van der Waals surface area (Å²) in [4.78, 5) is 23.7. The highest BCUT2D eigenvalue weighted by Gasteiger charge is 2.16. The number of rotatable bonds is 6. The fourth-order valence-electron chi connectivity index (χ4n) is 2.06. The molecule has 2 aromatic carbocycles. The van der Waals surface area contributed by atoms with E-state index in [2.05, 4.69) is 10.5 Å². The number of nitrogens with one attached hydrogen (secondary N) is 1. The first-order chi connectivity index (χ1) is 13.1. The van der Waals surface area contributed by atoms with Crippen LogP contribution in [-0.4, -0.2) is 30.3 Å². The van der Waals surface area contributed by atoms with Crippen LogP contribution in [0.3, 0.4) is 0 Å². The largest absolute Gasteiger partial charge is 0.482 e. The van der Waals surface area contributed by atoms with Crippen LogP contribution in [-0.2, 0) is 9.53 Å². The zero-order chi connectivity index (χ0) is 20.7. The van der Waals surface area contributed by atoms with Crippen molar-refractivity contribution in [3.05, 3.63) is 63.6 Å². The number of esters is 1. The van der Waals surface area contributed by atoms with Crippen molar-refractivity contribution in [3.8, 4) is 5.75 Å². The summed E-state index contributed by atoms with van der Waals surface area (Å²) in [6, 6.07) is 11.4. The topological polar surface area (TPSA) is 77.0 Å². The van der Waals surface area contributed by atoms with Gasteiger partial charge in [0.1, 0.15) is 11.4 Å². The molecule has 0 aromatic heterocycles. The molecule has 0 radical (unpaired) electrons. The first kappa shape index (κ1) is 21.7. The Kier molecular flexibility index (Phi) is 7.43. The van der Waals surface area contributed by atoms with Crippen LogP contribution in [0.15, 0.2) is 47.6 Å². The van der Waals surface area contributed by atoms with Crippen LogP contribution in [0.5, 0.6) is 5.75 Å². The zero-order valence-corrected chi connectivity index (χ0v) is 17.2. The van der Waals surface area contributed by atoms with Crippen molar-refractivity contribution in [3.63, 3.8) is 0 Å². The predicted octanol–water partition coefficient (Wildman–Crippen LogP) is 4.48. The second-order valence-electron chi connectivity index (χ2n) is 6.77. The third-order valence-electron chi connectivity index (χ3n) is 3.21. The summed E-state index contributed by atoms with van der Waals surface area (Å²) in [5, 5.41) is 4.58. The lowest BCUT2D eigenvalue weighted by molar-refractivity contribution is -0.157. The lowest BCUT2D eigenvalue weighted by Gasteiger charge is -2.19. The number of benzene rings is 2. The maximum absolute atomic E-state index is 12.1. The first-order valence-corrected chi connectivity index (χ1v) is 9.13. The molecule has 148 valence electrons. The first-order valence-electron chi connectivity index (χ1n) is 8.37. The second-order valence-corrected chi connectivity index (χ2v) is 7.61. The Bertz CT molecular complexity index is 875. The molecule has 0 saturated heterocycles. The van der Waals surface area contributed by atoms with Gasteiger partial charge in [-0.3, -0.25) is 4.79 Å². The summed E-state index contributed by atoms with van der Waals surface area (Å²) in [6.07, 6.45) is 1.47. The predicted molar refractivity (Wildman–Crippen MR) is 109 cm³/mol.